The maximum atomic E-state index is 12.4. The van der Waals surface area contributed by atoms with Crippen LogP contribution in [0.5, 0.6) is 0 Å². The van der Waals surface area contributed by atoms with Gasteiger partial charge in [0.05, 0.1) is 17.6 Å². The van der Waals surface area contributed by atoms with E-state index in [1.807, 2.05) is 0 Å². The fourth-order valence-corrected chi connectivity index (χ4v) is 2.26. The van der Waals surface area contributed by atoms with E-state index in [4.69, 9.17) is 5.26 Å². The van der Waals surface area contributed by atoms with Gasteiger partial charge in [-0.1, -0.05) is 0 Å². The average molecular weight is 254 g/mol. The van der Waals surface area contributed by atoms with E-state index < -0.39 is 11.7 Å². The van der Waals surface area contributed by atoms with E-state index in [0.29, 0.717) is 5.69 Å². The minimum atomic E-state index is -4.30. The van der Waals surface area contributed by atoms with Crippen LogP contribution in [0.4, 0.5) is 18.9 Å². The van der Waals surface area contributed by atoms with Crippen LogP contribution in [0.1, 0.15) is 24.8 Å². The summed E-state index contributed by atoms with van der Waals surface area (Å²) in [5.74, 6) is -0.0488. The van der Waals surface area contributed by atoms with Crippen LogP contribution in [0.3, 0.4) is 0 Å². The first-order valence-corrected chi connectivity index (χ1v) is 5.84. The van der Waals surface area contributed by atoms with Crippen LogP contribution in [-0.4, -0.2) is 6.04 Å². The molecule has 2 rings (SSSR count). The Kier molecular flexibility index (Phi) is 3.46. The second-order valence-corrected chi connectivity index (χ2v) is 4.49. The zero-order valence-electron chi connectivity index (χ0n) is 9.67. The number of nitrogens with zero attached hydrogens (tertiary/aromatic N) is 1. The Morgan fingerprint density at radius 3 is 2.39 bits per heavy atom. The first kappa shape index (κ1) is 12.7. The third-order valence-electron chi connectivity index (χ3n) is 3.25. The van der Waals surface area contributed by atoms with Crippen LogP contribution in [0.15, 0.2) is 24.3 Å². The van der Waals surface area contributed by atoms with E-state index in [0.717, 1.165) is 31.4 Å². The molecule has 18 heavy (non-hydrogen) atoms. The number of rotatable bonds is 2. The fourth-order valence-electron chi connectivity index (χ4n) is 2.26. The predicted molar refractivity (Wildman–Crippen MR) is 61.8 cm³/mol. The Morgan fingerprint density at radius 1 is 1.17 bits per heavy atom. The van der Waals surface area contributed by atoms with Crippen molar-refractivity contribution in [2.24, 2.45) is 5.92 Å². The predicted octanol–water partition coefficient (Wildman–Crippen LogP) is 3.81. The number of hydrogen-bond donors (Lipinski definition) is 1. The van der Waals surface area contributed by atoms with Crippen molar-refractivity contribution in [2.45, 2.75) is 31.5 Å². The number of halogens is 3. The van der Waals surface area contributed by atoms with Gasteiger partial charge in [-0.2, -0.15) is 18.4 Å². The number of hydrogen-bond acceptors (Lipinski definition) is 2. The topological polar surface area (TPSA) is 35.8 Å². The maximum Gasteiger partial charge on any atom is 0.416 e. The van der Waals surface area contributed by atoms with Crippen molar-refractivity contribution in [3.63, 3.8) is 0 Å². The van der Waals surface area contributed by atoms with Gasteiger partial charge in [0.1, 0.15) is 0 Å². The van der Waals surface area contributed by atoms with Crippen molar-refractivity contribution in [1.29, 1.82) is 5.26 Å². The molecule has 0 amide bonds. The third-order valence-corrected chi connectivity index (χ3v) is 3.25. The smallest absolute Gasteiger partial charge is 0.381 e. The van der Waals surface area contributed by atoms with Crippen molar-refractivity contribution >= 4 is 5.69 Å². The summed E-state index contributed by atoms with van der Waals surface area (Å²) >= 11 is 0. The average Bonchev–Trinajstić information content (AvgIpc) is 2.76. The van der Waals surface area contributed by atoms with Gasteiger partial charge in [0.15, 0.2) is 0 Å². The number of anilines is 1. The zero-order valence-corrected chi connectivity index (χ0v) is 9.67. The van der Waals surface area contributed by atoms with Gasteiger partial charge in [0.25, 0.3) is 0 Å². The first-order valence-electron chi connectivity index (χ1n) is 5.84. The molecule has 1 saturated carbocycles. The van der Waals surface area contributed by atoms with Crippen molar-refractivity contribution in [1.82, 2.24) is 0 Å². The molecule has 0 heterocycles. The number of nitrogens with one attached hydrogen (secondary N) is 1. The van der Waals surface area contributed by atoms with Gasteiger partial charge in [-0.15, -0.1) is 0 Å². The molecule has 1 N–H and O–H groups in total. The molecule has 1 aliphatic carbocycles. The van der Waals surface area contributed by atoms with Crippen LogP contribution in [0.25, 0.3) is 0 Å². The molecular weight excluding hydrogens is 241 g/mol. The molecule has 2 nitrogen and oxygen atoms in total. The highest BCUT2D eigenvalue weighted by atomic mass is 19.4. The second kappa shape index (κ2) is 4.89. The minimum absolute atomic E-state index is 0.0479. The molecule has 5 heteroatoms. The lowest BCUT2D eigenvalue weighted by Gasteiger charge is -2.17. The quantitative estimate of drug-likeness (QED) is 0.871. The van der Waals surface area contributed by atoms with Gasteiger partial charge in [0, 0.05) is 11.7 Å². The van der Waals surface area contributed by atoms with Crippen LogP contribution in [-0.2, 0) is 6.18 Å². The van der Waals surface area contributed by atoms with Crippen molar-refractivity contribution in [3.8, 4) is 6.07 Å². The maximum absolute atomic E-state index is 12.4. The highest BCUT2D eigenvalue weighted by Gasteiger charge is 2.30. The number of alkyl halides is 3. The van der Waals surface area contributed by atoms with Crippen LogP contribution in [0.2, 0.25) is 0 Å². The lowest BCUT2D eigenvalue weighted by Crippen LogP contribution is -2.22. The second-order valence-electron chi connectivity index (χ2n) is 4.49. The van der Waals surface area contributed by atoms with Gasteiger partial charge in [0.2, 0.25) is 0 Å². The molecule has 1 aromatic rings. The van der Waals surface area contributed by atoms with E-state index in [-0.39, 0.29) is 12.0 Å². The van der Waals surface area contributed by atoms with Gasteiger partial charge >= 0.3 is 6.18 Å². The summed E-state index contributed by atoms with van der Waals surface area (Å²) in [5, 5.41) is 12.1. The summed E-state index contributed by atoms with van der Waals surface area (Å²) in [6.45, 7) is 0. The summed E-state index contributed by atoms with van der Waals surface area (Å²) in [6, 6.07) is 7.21. The fraction of sp³-hybridized carbons (Fsp3) is 0.462. The molecule has 0 aliphatic heterocycles. The Bertz CT molecular complexity index is 445. The molecule has 2 unspecified atom stereocenters. The molecule has 1 fully saturated rings. The molecule has 0 aromatic heterocycles. The van der Waals surface area contributed by atoms with E-state index in [1.165, 1.54) is 12.1 Å². The van der Waals surface area contributed by atoms with Gasteiger partial charge < -0.3 is 5.32 Å². The van der Waals surface area contributed by atoms with Crippen molar-refractivity contribution in [2.75, 3.05) is 5.32 Å². The minimum Gasteiger partial charge on any atom is -0.381 e. The van der Waals surface area contributed by atoms with E-state index in [1.54, 1.807) is 0 Å². The van der Waals surface area contributed by atoms with Crippen LogP contribution in [0, 0.1) is 17.2 Å². The third kappa shape index (κ3) is 2.76. The Balaban J connectivity index is 2.05. The lowest BCUT2D eigenvalue weighted by atomic mass is 10.1. The summed E-state index contributed by atoms with van der Waals surface area (Å²) in [6.07, 6.45) is -1.58. The number of nitriles is 1. The molecule has 0 saturated heterocycles. The summed E-state index contributed by atoms with van der Waals surface area (Å²) < 4.78 is 37.1. The highest BCUT2D eigenvalue weighted by Crippen LogP contribution is 2.31. The number of benzene rings is 1. The largest absolute Gasteiger partial charge is 0.416 e. The van der Waals surface area contributed by atoms with Gasteiger partial charge in [-0.05, 0) is 43.5 Å². The Labute approximate surface area is 103 Å². The Hall–Kier alpha value is -1.70. The van der Waals surface area contributed by atoms with Gasteiger partial charge in [-0.3, -0.25) is 0 Å². The monoisotopic (exact) mass is 254 g/mol. The standard InChI is InChI=1S/C13H13F3N2/c14-13(15,16)10-4-6-11(7-5-10)18-12-3-1-2-9(12)8-17/h4-7,9,12,18H,1-3H2. The van der Waals surface area contributed by atoms with E-state index >= 15 is 0 Å². The van der Waals surface area contributed by atoms with Gasteiger partial charge in [-0.25, -0.2) is 0 Å². The first-order chi connectivity index (χ1) is 8.50. The summed E-state index contributed by atoms with van der Waals surface area (Å²) in [7, 11) is 0. The zero-order chi connectivity index (χ0) is 13.2. The van der Waals surface area contributed by atoms with Crippen molar-refractivity contribution in [3.05, 3.63) is 29.8 Å². The van der Waals surface area contributed by atoms with Crippen LogP contribution >= 0.6 is 0 Å². The SMILES string of the molecule is N#CC1CCCC1Nc1ccc(C(F)(F)F)cc1. The van der Waals surface area contributed by atoms with Crippen LogP contribution < -0.4 is 5.32 Å². The van der Waals surface area contributed by atoms with Crippen molar-refractivity contribution < 1.29 is 13.2 Å². The highest BCUT2D eigenvalue weighted by molar-refractivity contribution is 5.46. The lowest BCUT2D eigenvalue weighted by molar-refractivity contribution is -0.137. The van der Waals surface area contributed by atoms with E-state index in [2.05, 4.69) is 11.4 Å². The summed E-state index contributed by atoms with van der Waals surface area (Å²) in [5.41, 5.74) is -0.0218. The molecule has 1 aliphatic rings. The normalized spacial score (nSPS) is 23.7. The molecule has 96 valence electrons. The Morgan fingerprint density at radius 2 is 1.83 bits per heavy atom. The van der Waals surface area contributed by atoms with E-state index in [9.17, 15) is 13.2 Å². The molecule has 0 bridgehead atoms. The molecule has 1 aromatic carbocycles. The summed E-state index contributed by atoms with van der Waals surface area (Å²) in [4.78, 5) is 0. The molecule has 2 atom stereocenters. The molecular formula is C13H13F3N2. The molecule has 0 radical (unpaired) electrons. The molecule has 0 spiro atoms.